The first-order valence-electron chi connectivity index (χ1n) is 3.74. The lowest BCUT2D eigenvalue weighted by Gasteiger charge is -2.12. The van der Waals surface area contributed by atoms with Crippen LogP contribution in [0, 0.1) is 0 Å². The third-order valence-corrected chi connectivity index (χ3v) is 2.00. The highest BCUT2D eigenvalue weighted by atomic mass is 32.2. The number of nitrogens with zero attached hydrogens (tertiary/aromatic N) is 1. The van der Waals surface area contributed by atoms with Gasteiger partial charge in [0.05, 0.1) is 0 Å². The second-order valence-corrected chi connectivity index (χ2v) is 3.49. The average Bonchev–Trinajstić information content (AvgIpc) is 2.04. The molecule has 2 N–H and O–H groups in total. The summed E-state index contributed by atoms with van der Waals surface area (Å²) in [6.45, 7) is 0. The van der Waals surface area contributed by atoms with Gasteiger partial charge in [0.1, 0.15) is 0 Å². The molecule has 1 rings (SSSR count). The number of rotatable bonds is 3. The number of nitrogens with one attached hydrogen (secondary N) is 1. The monoisotopic (exact) mass is 200 g/mol. The van der Waals surface area contributed by atoms with Crippen LogP contribution in [0.1, 0.15) is 0 Å². The Hall–Kier alpha value is -1.07. The molecule has 13 heavy (non-hydrogen) atoms. The molecule has 1 atom stereocenters. The fraction of sp³-hybridized carbons (Fsp3) is 0.250. The molecule has 0 amide bonds. The van der Waals surface area contributed by atoms with Gasteiger partial charge in [-0.2, -0.15) is 0 Å². The molecule has 0 spiro atoms. The topological polar surface area (TPSA) is 52.6 Å². The third kappa shape index (κ3) is 3.04. The number of anilines is 2. The highest BCUT2D eigenvalue weighted by Gasteiger charge is 1.96. The van der Waals surface area contributed by atoms with Crippen LogP contribution in [0.3, 0.4) is 0 Å². The summed E-state index contributed by atoms with van der Waals surface area (Å²) < 4.78 is 21.3. The van der Waals surface area contributed by atoms with Gasteiger partial charge in [0.25, 0.3) is 11.3 Å². The number of benzene rings is 1. The van der Waals surface area contributed by atoms with Crippen molar-refractivity contribution in [3.8, 4) is 0 Å². The van der Waals surface area contributed by atoms with Gasteiger partial charge in [0.15, 0.2) is 0 Å². The van der Waals surface area contributed by atoms with E-state index in [0.717, 1.165) is 5.69 Å². The molecule has 0 aliphatic rings. The molecule has 0 fully saturated rings. The third-order valence-electron chi connectivity index (χ3n) is 1.59. The van der Waals surface area contributed by atoms with Gasteiger partial charge >= 0.3 is 0 Å². The van der Waals surface area contributed by atoms with Crippen LogP contribution in [0.4, 0.5) is 11.4 Å². The summed E-state index contributed by atoms with van der Waals surface area (Å²) in [5.41, 5.74) is 1.68. The van der Waals surface area contributed by atoms with Crippen LogP contribution >= 0.6 is 0 Å². The van der Waals surface area contributed by atoms with E-state index >= 15 is 0 Å². The van der Waals surface area contributed by atoms with Crippen LogP contribution in [0.25, 0.3) is 0 Å². The van der Waals surface area contributed by atoms with E-state index in [1.165, 1.54) is 0 Å². The molecule has 0 aliphatic heterocycles. The zero-order valence-corrected chi connectivity index (χ0v) is 8.34. The Morgan fingerprint density at radius 2 is 1.85 bits per heavy atom. The maximum Gasteiger partial charge on any atom is 0.259 e. The van der Waals surface area contributed by atoms with E-state index in [1.54, 1.807) is 12.1 Å². The highest BCUT2D eigenvalue weighted by molar-refractivity contribution is 7.80. The SMILES string of the molecule is CN(C)c1ccc(NS(=O)O)cc1. The van der Waals surface area contributed by atoms with Crippen LogP contribution in [0.5, 0.6) is 0 Å². The van der Waals surface area contributed by atoms with E-state index < -0.39 is 11.3 Å². The maximum atomic E-state index is 10.4. The lowest BCUT2D eigenvalue weighted by atomic mass is 10.3. The van der Waals surface area contributed by atoms with Crippen molar-refractivity contribution in [3.05, 3.63) is 24.3 Å². The summed E-state index contributed by atoms with van der Waals surface area (Å²) in [4.78, 5) is 1.96. The van der Waals surface area contributed by atoms with Crippen molar-refractivity contribution >= 4 is 22.6 Å². The predicted molar refractivity (Wildman–Crippen MR) is 55.2 cm³/mol. The first-order chi connectivity index (χ1) is 6.09. The molecule has 0 saturated carbocycles. The largest absolute Gasteiger partial charge is 0.378 e. The van der Waals surface area contributed by atoms with Crippen molar-refractivity contribution in [1.82, 2.24) is 0 Å². The molecule has 1 aromatic carbocycles. The molecule has 0 aromatic heterocycles. The van der Waals surface area contributed by atoms with E-state index in [4.69, 9.17) is 4.55 Å². The van der Waals surface area contributed by atoms with Crippen molar-refractivity contribution in [3.63, 3.8) is 0 Å². The van der Waals surface area contributed by atoms with E-state index in [0.29, 0.717) is 5.69 Å². The molecule has 0 heterocycles. The van der Waals surface area contributed by atoms with Crippen LogP contribution in [-0.4, -0.2) is 22.9 Å². The van der Waals surface area contributed by atoms with E-state index in [-0.39, 0.29) is 0 Å². The van der Waals surface area contributed by atoms with Crippen LogP contribution in [0.2, 0.25) is 0 Å². The van der Waals surface area contributed by atoms with Crippen LogP contribution in [-0.2, 0) is 11.3 Å². The molecule has 4 nitrogen and oxygen atoms in total. The molecule has 0 radical (unpaired) electrons. The smallest absolute Gasteiger partial charge is 0.259 e. The fourth-order valence-corrected chi connectivity index (χ4v) is 1.27. The van der Waals surface area contributed by atoms with E-state index in [1.807, 2.05) is 31.1 Å². The molecule has 5 heteroatoms. The molecule has 72 valence electrons. The quantitative estimate of drug-likeness (QED) is 0.723. The Kier molecular flexibility index (Phi) is 3.27. The summed E-state index contributed by atoms with van der Waals surface area (Å²) in [7, 11) is 3.87. The van der Waals surface area contributed by atoms with Crippen LogP contribution in [0.15, 0.2) is 24.3 Å². The van der Waals surface area contributed by atoms with Crippen molar-refractivity contribution in [1.29, 1.82) is 0 Å². The van der Waals surface area contributed by atoms with Gasteiger partial charge in [-0.1, -0.05) is 0 Å². The summed E-state index contributed by atoms with van der Waals surface area (Å²) in [6, 6.07) is 7.25. The van der Waals surface area contributed by atoms with E-state index in [9.17, 15) is 4.21 Å². The predicted octanol–water partition coefficient (Wildman–Crippen LogP) is 1.30. The van der Waals surface area contributed by atoms with Gasteiger partial charge in [-0.25, -0.2) is 4.21 Å². The standard InChI is InChI=1S/C8H12N2O2S/c1-10(2)8-5-3-7(4-6-8)9-13(11)12/h3-6,9H,1-2H3,(H,11,12). The number of hydrogen-bond acceptors (Lipinski definition) is 2. The first kappa shape index (κ1) is 10.0. The second-order valence-electron chi connectivity index (χ2n) is 2.79. The minimum Gasteiger partial charge on any atom is -0.378 e. The molecule has 1 aromatic rings. The second kappa shape index (κ2) is 4.25. The van der Waals surface area contributed by atoms with Crippen LogP contribution < -0.4 is 9.62 Å². The zero-order chi connectivity index (χ0) is 9.84. The highest BCUT2D eigenvalue weighted by Crippen LogP contribution is 2.15. The molecule has 0 bridgehead atoms. The summed E-state index contributed by atoms with van der Waals surface area (Å²) in [5, 5.41) is 0. The Balaban J connectivity index is 2.75. The van der Waals surface area contributed by atoms with Crippen molar-refractivity contribution in [2.24, 2.45) is 0 Å². The molecular formula is C8H12N2O2S. The van der Waals surface area contributed by atoms with Gasteiger partial charge in [-0.3, -0.25) is 9.27 Å². The lowest BCUT2D eigenvalue weighted by Crippen LogP contribution is -2.08. The zero-order valence-electron chi connectivity index (χ0n) is 7.52. The number of hydrogen-bond donors (Lipinski definition) is 2. The first-order valence-corrected chi connectivity index (χ1v) is 4.85. The molecule has 0 aliphatic carbocycles. The minimum absolute atomic E-state index is 0.631. The Labute approximate surface area is 80.0 Å². The Morgan fingerprint density at radius 1 is 1.31 bits per heavy atom. The van der Waals surface area contributed by atoms with E-state index in [2.05, 4.69) is 4.72 Å². The average molecular weight is 200 g/mol. The normalized spacial score (nSPS) is 12.2. The molecule has 1 unspecified atom stereocenters. The summed E-state index contributed by atoms with van der Waals surface area (Å²) in [6.07, 6.45) is 0. The van der Waals surface area contributed by atoms with Gasteiger partial charge in [0, 0.05) is 25.5 Å². The maximum absolute atomic E-state index is 10.4. The molecular weight excluding hydrogens is 188 g/mol. The Morgan fingerprint density at radius 3 is 2.23 bits per heavy atom. The van der Waals surface area contributed by atoms with Gasteiger partial charge in [-0.05, 0) is 24.3 Å². The summed E-state index contributed by atoms with van der Waals surface area (Å²) >= 11 is -2.00. The Bertz CT molecular complexity index is 298. The lowest BCUT2D eigenvalue weighted by molar-refractivity contribution is 0.570. The van der Waals surface area contributed by atoms with Gasteiger partial charge in [0.2, 0.25) is 0 Å². The van der Waals surface area contributed by atoms with Crippen molar-refractivity contribution < 1.29 is 8.76 Å². The van der Waals surface area contributed by atoms with Gasteiger partial charge < -0.3 is 4.90 Å². The summed E-state index contributed by atoms with van der Waals surface area (Å²) in [5.74, 6) is 0. The van der Waals surface area contributed by atoms with Crippen molar-refractivity contribution in [2.75, 3.05) is 23.7 Å². The fourth-order valence-electron chi connectivity index (χ4n) is 0.928. The molecule has 0 saturated heterocycles. The minimum atomic E-state index is -2.00. The van der Waals surface area contributed by atoms with Gasteiger partial charge in [-0.15, -0.1) is 0 Å². The van der Waals surface area contributed by atoms with Crippen molar-refractivity contribution in [2.45, 2.75) is 0 Å².